The van der Waals surface area contributed by atoms with E-state index in [1.165, 1.54) is 19.2 Å². The zero-order chi connectivity index (χ0) is 56.9. The average Bonchev–Trinajstić information content (AvgIpc) is 4.29. The summed E-state index contributed by atoms with van der Waals surface area (Å²) in [6.07, 6.45) is -1.76. The molecule has 1 amide bonds. The molecule has 0 aliphatic carbocycles. The van der Waals surface area contributed by atoms with Crippen molar-refractivity contribution in [2.45, 2.75) is 95.8 Å². The second-order valence-corrected chi connectivity index (χ2v) is 22.5. The molecule has 18 nitrogen and oxygen atoms in total. The molecule has 416 valence electrons. The second-order valence-electron chi connectivity index (χ2n) is 21.1. The molecule has 4 aliphatic rings. The van der Waals surface area contributed by atoms with Gasteiger partial charge in [0.1, 0.15) is 41.0 Å². The smallest absolute Gasteiger partial charge is 0.342 e. The molecule has 3 saturated heterocycles. The van der Waals surface area contributed by atoms with Crippen molar-refractivity contribution in [1.29, 1.82) is 5.26 Å². The molecule has 11 rings (SSSR count). The first-order chi connectivity index (χ1) is 38.2. The number of amides is 1. The number of pyridine rings is 2. The zero-order valence-electron chi connectivity index (χ0n) is 44.3. The minimum absolute atomic E-state index is 0.0136. The summed E-state index contributed by atoms with van der Waals surface area (Å²) < 4.78 is 66.2. The molecule has 0 saturated carbocycles. The number of halogens is 4. The van der Waals surface area contributed by atoms with Gasteiger partial charge in [0.15, 0.2) is 11.4 Å². The van der Waals surface area contributed by atoms with Crippen molar-refractivity contribution < 1.29 is 47.2 Å². The van der Waals surface area contributed by atoms with E-state index in [4.69, 9.17) is 41.5 Å². The number of piperazine rings is 1. The number of aromatic nitrogens is 4. The van der Waals surface area contributed by atoms with E-state index in [-0.39, 0.29) is 134 Å². The van der Waals surface area contributed by atoms with Gasteiger partial charge in [-0.1, -0.05) is 31.2 Å². The van der Waals surface area contributed by atoms with Crippen LogP contribution in [0.2, 0.25) is 5.02 Å². The number of fused-ring (bicyclic) bond motifs is 7. The van der Waals surface area contributed by atoms with E-state index in [0.29, 0.717) is 34.4 Å². The first-order valence-corrected chi connectivity index (χ1v) is 27.4. The van der Waals surface area contributed by atoms with Crippen LogP contribution in [-0.2, 0) is 31.2 Å². The lowest BCUT2D eigenvalue weighted by atomic mass is 9.88. The SMILES string of the molecule is C=C(C(=O)N1CCN(c2nc(OC[C@@]34CCCN3C[C@H](F)C4)nc3c(F)c(-c4ccc(F)c5sc(N)c(C#N)c45)c(Cl)cc23)[C@@H](C)C1)[C@H](C)OC(O)Nc1ccc2nc3c(cc2c1)Cn1c-3cc([C@@](O)(CC)C(=O)OC)c(C)c1=O. The number of aliphatic hydroxyl groups is 2. The number of anilines is 3. The van der Waals surface area contributed by atoms with E-state index < -0.39 is 59.4 Å². The van der Waals surface area contributed by atoms with Crippen LogP contribution in [-0.4, -0.2) is 128 Å². The number of hydrogen-bond donors (Lipinski definition) is 4. The Kier molecular flexibility index (Phi) is 14.1. The molecule has 4 aromatic heterocycles. The number of esters is 1. The summed E-state index contributed by atoms with van der Waals surface area (Å²) in [4.78, 5) is 60.3. The number of aliphatic hydroxyl groups excluding tert-OH is 1. The summed E-state index contributed by atoms with van der Waals surface area (Å²) in [5.74, 6) is -2.55. The maximum Gasteiger partial charge on any atom is 0.342 e. The van der Waals surface area contributed by atoms with Crippen LogP contribution in [0, 0.1) is 29.9 Å². The van der Waals surface area contributed by atoms with E-state index in [9.17, 15) is 34.2 Å². The van der Waals surface area contributed by atoms with Crippen LogP contribution in [0.15, 0.2) is 65.5 Å². The number of carbonyl (C=O) groups excluding carboxylic acids is 2. The summed E-state index contributed by atoms with van der Waals surface area (Å²) in [5.41, 5.74) is 6.16. The lowest BCUT2D eigenvalue weighted by molar-refractivity contribution is -0.164. The number of nitrogens with one attached hydrogen (secondary N) is 1. The Morgan fingerprint density at radius 2 is 1.91 bits per heavy atom. The Balaban J connectivity index is 0.804. The number of hydrogen-bond acceptors (Lipinski definition) is 17. The zero-order valence-corrected chi connectivity index (χ0v) is 45.9. The summed E-state index contributed by atoms with van der Waals surface area (Å²) in [7, 11) is 1.18. The number of alkyl halides is 1. The first-order valence-electron chi connectivity index (χ1n) is 26.2. The van der Waals surface area contributed by atoms with Gasteiger partial charge in [0.2, 0.25) is 6.41 Å². The molecule has 23 heteroatoms. The molecule has 1 unspecified atom stereocenters. The monoisotopic (exact) mass is 1130 g/mol. The number of thiophene rings is 1. The third kappa shape index (κ3) is 9.03. The van der Waals surface area contributed by atoms with Crippen LogP contribution >= 0.6 is 22.9 Å². The Bertz CT molecular complexity index is 3880. The summed E-state index contributed by atoms with van der Waals surface area (Å²) in [6.45, 7) is 12.5. The van der Waals surface area contributed by atoms with Crippen LogP contribution in [0.25, 0.3) is 54.4 Å². The van der Waals surface area contributed by atoms with Gasteiger partial charge in [-0.3, -0.25) is 14.5 Å². The number of nitriles is 1. The molecule has 8 heterocycles. The van der Waals surface area contributed by atoms with Crippen LogP contribution in [0.3, 0.4) is 0 Å². The lowest BCUT2D eigenvalue weighted by Gasteiger charge is -2.41. The van der Waals surface area contributed by atoms with Gasteiger partial charge in [-0.15, -0.1) is 11.3 Å². The molecule has 0 radical (unpaired) electrons. The van der Waals surface area contributed by atoms with E-state index in [0.717, 1.165) is 35.9 Å². The highest BCUT2D eigenvalue weighted by Crippen LogP contribution is 2.47. The highest BCUT2D eigenvalue weighted by molar-refractivity contribution is 7.23. The van der Waals surface area contributed by atoms with Crippen molar-refractivity contribution >= 4 is 83.2 Å². The Labute approximate surface area is 465 Å². The molecule has 0 spiro atoms. The average molecular weight is 1130 g/mol. The maximum absolute atomic E-state index is 17.5. The van der Waals surface area contributed by atoms with Gasteiger partial charge in [0, 0.05) is 88.3 Å². The summed E-state index contributed by atoms with van der Waals surface area (Å²) in [5, 5.41) is 36.5. The number of carbonyl (C=O) groups is 2. The molecule has 7 aromatic rings. The number of methoxy groups -OCH3 is 1. The largest absolute Gasteiger partial charge is 0.467 e. The van der Waals surface area contributed by atoms with Crippen molar-refractivity contribution in [3.63, 3.8) is 0 Å². The van der Waals surface area contributed by atoms with Gasteiger partial charge < -0.3 is 49.8 Å². The van der Waals surface area contributed by atoms with Gasteiger partial charge >= 0.3 is 12.0 Å². The number of benzene rings is 3. The van der Waals surface area contributed by atoms with Gasteiger partial charge in [-0.25, -0.2) is 22.9 Å². The van der Waals surface area contributed by atoms with E-state index in [1.54, 1.807) is 54.5 Å². The minimum Gasteiger partial charge on any atom is -0.467 e. The molecule has 5 N–H and O–H groups in total. The van der Waals surface area contributed by atoms with Crippen molar-refractivity contribution in [3.8, 4) is 34.6 Å². The molecule has 0 bridgehead atoms. The number of nitrogens with two attached hydrogens (primary N) is 1. The Hall–Kier alpha value is -7.39. The van der Waals surface area contributed by atoms with Crippen LogP contribution < -0.4 is 26.2 Å². The van der Waals surface area contributed by atoms with E-state index >= 15 is 8.78 Å². The fourth-order valence-corrected chi connectivity index (χ4v) is 13.3. The van der Waals surface area contributed by atoms with Crippen LogP contribution in [0.4, 0.5) is 29.7 Å². The highest BCUT2D eigenvalue weighted by Gasteiger charge is 2.50. The van der Waals surface area contributed by atoms with Gasteiger partial charge in [0.05, 0.1) is 57.5 Å². The van der Waals surface area contributed by atoms with Crippen molar-refractivity contribution in [2.75, 3.05) is 62.4 Å². The molecule has 4 aliphatic heterocycles. The predicted octanol–water partition coefficient (Wildman–Crippen LogP) is 8.06. The molecule has 3 fully saturated rings. The summed E-state index contributed by atoms with van der Waals surface area (Å²) >= 11 is 7.85. The third-order valence-corrected chi connectivity index (χ3v) is 17.7. The minimum atomic E-state index is -2.03. The van der Waals surface area contributed by atoms with E-state index in [1.807, 2.05) is 24.0 Å². The normalized spacial score (nSPS) is 20.3. The van der Waals surface area contributed by atoms with Crippen molar-refractivity contribution in [3.05, 3.63) is 110 Å². The van der Waals surface area contributed by atoms with Crippen molar-refractivity contribution in [2.24, 2.45) is 0 Å². The number of nitrogens with zero attached hydrogens (tertiary/aromatic N) is 8. The topological polar surface area (TPSA) is 235 Å². The second kappa shape index (κ2) is 20.6. The fraction of sp³-hybridized carbons (Fsp3) is 0.386. The number of ether oxygens (including phenoxy) is 3. The third-order valence-electron chi connectivity index (χ3n) is 16.3. The number of rotatable bonds is 14. The van der Waals surface area contributed by atoms with Crippen LogP contribution in [0.5, 0.6) is 6.01 Å². The van der Waals surface area contributed by atoms with Crippen LogP contribution in [0.1, 0.15) is 68.7 Å². The highest BCUT2D eigenvalue weighted by atomic mass is 35.5. The molecule has 6 atom stereocenters. The summed E-state index contributed by atoms with van der Waals surface area (Å²) in [6, 6.07) is 14.1. The Morgan fingerprint density at radius 1 is 1.12 bits per heavy atom. The lowest BCUT2D eigenvalue weighted by Crippen LogP contribution is -2.55. The van der Waals surface area contributed by atoms with E-state index in [2.05, 4.69) is 21.8 Å². The predicted molar refractivity (Wildman–Crippen MR) is 297 cm³/mol. The number of nitrogen functional groups attached to an aromatic ring is 1. The van der Waals surface area contributed by atoms with Gasteiger partial charge in [-0.2, -0.15) is 15.2 Å². The first kappa shape index (κ1) is 54.6. The molecule has 80 heavy (non-hydrogen) atoms. The maximum atomic E-state index is 17.5. The fourth-order valence-electron chi connectivity index (χ4n) is 12.1. The quantitative estimate of drug-likeness (QED) is 0.0458. The van der Waals surface area contributed by atoms with Gasteiger partial charge in [0.25, 0.3) is 11.5 Å². The Morgan fingerprint density at radius 3 is 2.65 bits per heavy atom. The molecular weight excluding hydrogens is 1080 g/mol. The molecular formula is C57H56ClF3N10O8S. The standard InChI is InChI=1S/C57H56ClF3N10O8S/c1-7-57(76,53(74)77-6)38-20-42-46-32(24-71(42)52(73)29(38)4)17-31-18-34(9-12-41(31)65-46)64-55(75)79-30(5)28(3)51(72)68-15-16-70(27(2)23-68)50-36-19-39(58)44(35-10-11-40(60)48-43(35)37(22-62)49(63)80-48)45(61)47(36)66-54(67-50)78-26-56-13-8-14-69(56)25-33(59)21-56/h9-12,17-20,27,30,33,55,64,75-76H,3,7-8,13-16,21,23-26,63H2,1-2,4-6H3/t27-,30-,33+,55?,56-,57-/m0/s1. The van der Waals surface area contributed by atoms with Crippen molar-refractivity contribution in [1.82, 2.24) is 29.3 Å². The van der Waals surface area contributed by atoms with Gasteiger partial charge in [-0.05, 0) is 94.6 Å². The molecule has 3 aromatic carbocycles.